The second kappa shape index (κ2) is 5.87. The second-order valence-corrected chi connectivity index (χ2v) is 5.15. The Hall–Kier alpha value is -2.15. The van der Waals surface area contributed by atoms with Gasteiger partial charge in [0.25, 0.3) is 11.5 Å². The highest BCUT2D eigenvalue weighted by Gasteiger charge is 2.14. The zero-order valence-electron chi connectivity index (χ0n) is 10.6. The van der Waals surface area contributed by atoms with E-state index in [2.05, 4.69) is 26.2 Å². The third-order valence-electron chi connectivity index (χ3n) is 2.76. The Labute approximate surface area is 122 Å². The SMILES string of the molecule is CC(NC(=O)c1c[nH]c(=O)[nH]c1=O)c1cccc(Br)c1. The van der Waals surface area contributed by atoms with Crippen molar-refractivity contribution in [2.24, 2.45) is 0 Å². The number of amides is 1. The van der Waals surface area contributed by atoms with Crippen molar-refractivity contribution in [1.29, 1.82) is 0 Å². The number of aromatic nitrogens is 2. The Balaban J connectivity index is 2.19. The van der Waals surface area contributed by atoms with Gasteiger partial charge in [-0.1, -0.05) is 28.1 Å². The molecule has 1 aromatic carbocycles. The zero-order chi connectivity index (χ0) is 14.7. The van der Waals surface area contributed by atoms with Crippen LogP contribution in [0, 0.1) is 0 Å². The molecule has 0 bridgehead atoms. The van der Waals surface area contributed by atoms with Gasteiger partial charge in [-0.3, -0.25) is 14.6 Å². The molecule has 0 saturated carbocycles. The number of carbonyl (C=O) groups excluding carboxylic acids is 1. The van der Waals surface area contributed by atoms with Crippen LogP contribution in [0.25, 0.3) is 0 Å². The Morgan fingerprint density at radius 1 is 1.35 bits per heavy atom. The highest BCUT2D eigenvalue weighted by atomic mass is 79.9. The van der Waals surface area contributed by atoms with Crippen LogP contribution in [0.1, 0.15) is 28.9 Å². The lowest BCUT2D eigenvalue weighted by Crippen LogP contribution is -2.34. The predicted molar refractivity (Wildman–Crippen MR) is 77.7 cm³/mol. The van der Waals surface area contributed by atoms with Crippen LogP contribution in [-0.2, 0) is 0 Å². The van der Waals surface area contributed by atoms with Gasteiger partial charge in [-0.05, 0) is 24.6 Å². The maximum absolute atomic E-state index is 12.0. The van der Waals surface area contributed by atoms with Gasteiger partial charge in [-0.25, -0.2) is 4.79 Å². The molecule has 20 heavy (non-hydrogen) atoms. The third-order valence-corrected chi connectivity index (χ3v) is 3.25. The number of nitrogens with one attached hydrogen (secondary N) is 3. The third kappa shape index (κ3) is 3.24. The van der Waals surface area contributed by atoms with Gasteiger partial charge in [0.2, 0.25) is 0 Å². The summed E-state index contributed by atoms with van der Waals surface area (Å²) in [6.45, 7) is 1.81. The van der Waals surface area contributed by atoms with E-state index in [4.69, 9.17) is 0 Å². The molecule has 0 aliphatic heterocycles. The standard InChI is InChI=1S/C13H12BrN3O3/c1-7(8-3-2-4-9(14)5-8)16-11(18)10-6-15-13(20)17-12(10)19/h2-7H,1H3,(H,16,18)(H2,15,17,19,20). The van der Waals surface area contributed by atoms with Crippen molar-refractivity contribution in [3.05, 3.63) is 66.9 Å². The topological polar surface area (TPSA) is 94.8 Å². The zero-order valence-corrected chi connectivity index (χ0v) is 12.2. The summed E-state index contributed by atoms with van der Waals surface area (Å²) in [6, 6.07) is 7.21. The summed E-state index contributed by atoms with van der Waals surface area (Å²) in [5, 5.41) is 2.70. The van der Waals surface area contributed by atoms with Crippen molar-refractivity contribution in [3.63, 3.8) is 0 Å². The molecular formula is C13H12BrN3O3. The minimum absolute atomic E-state index is 0.133. The molecule has 104 valence electrons. The van der Waals surface area contributed by atoms with E-state index in [1.54, 1.807) is 6.92 Å². The van der Waals surface area contributed by atoms with E-state index in [-0.39, 0.29) is 11.6 Å². The summed E-state index contributed by atoms with van der Waals surface area (Å²) in [5.74, 6) is -0.546. The molecule has 0 radical (unpaired) electrons. The maximum Gasteiger partial charge on any atom is 0.325 e. The van der Waals surface area contributed by atoms with Crippen molar-refractivity contribution in [2.75, 3.05) is 0 Å². The molecule has 6 nitrogen and oxygen atoms in total. The van der Waals surface area contributed by atoms with Crippen molar-refractivity contribution in [2.45, 2.75) is 13.0 Å². The Morgan fingerprint density at radius 2 is 2.10 bits per heavy atom. The lowest BCUT2D eigenvalue weighted by molar-refractivity contribution is 0.0938. The van der Waals surface area contributed by atoms with E-state index >= 15 is 0 Å². The first-order valence-corrected chi connectivity index (χ1v) is 6.65. The molecule has 0 spiro atoms. The maximum atomic E-state index is 12.0. The molecule has 1 unspecified atom stereocenters. The van der Waals surface area contributed by atoms with E-state index in [9.17, 15) is 14.4 Å². The van der Waals surface area contributed by atoms with Gasteiger partial charge in [0.15, 0.2) is 0 Å². The predicted octanol–water partition coefficient (Wildman–Crippen LogP) is 1.32. The quantitative estimate of drug-likeness (QED) is 0.788. The lowest BCUT2D eigenvalue weighted by atomic mass is 10.1. The summed E-state index contributed by atoms with van der Waals surface area (Å²) in [4.78, 5) is 38.7. The van der Waals surface area contributed by atoms with Crippen LogP contribution in [0.2, 0.25) is 0 Å². The molecule has 1 heterocycles. The van der Waals surface area contributed by atoms with E-state index in [1.807, 2.05) is 29.2 Å². The Morgan fingerprint density at radius 3 is 2.75 bits per heavy atom. The first-order valence-electron chi connectivity index (χ1n) is 5.85. The van der Waals surface area contributed by atoms with Crippen molar-refractivity contribution in [1.82, 2.24) is 15.3 Å². The van der Waals surface area contributed by atoms with Gasteiger partial charge in [0, 0.05) is 10.7 Å². The fraction of sp³-hybridized carbons (Fsp3) is 0.154. The van der Waals surface area contributed by atoms with E-state index in [0.29, 0.717) is 0 Å². The highest BCUT2D eigenvalue weighted by Crippen LogP contribution is 2.17. The normalized spacial score (nSPS) is 11.9. The first kappa shape index (κ1) is 14.3. The van der Waals surface area contributed by atoms with E-state index in [1.165, 1.54) is 0 Å². The second-order valence-electron chi connectivity index (χ2n) is 4.24. The van der Waals surface area contributed by atoms with Crippen molar-refractivity contribution >= 4 is 21.8 Å². The molecule has 0 fully saturated rings. The minimum atomic E-state index is -0.715. The van der Waals surface area contributed by atoms with Crippen LogP contribution >= 0.6 is 15.9 Å². The molecule has 2 rings (SSSR count). The monoisotopic (exact) mass is 337 g/mol. The number of hydrogen-bond acceptors (Lipinski definition) is 3. The van der Waals surface area contributed by atoms with Crippen LogP contribution < -0.4 is 16.6 Å². The smallest absolute Gasteiger partial charge is 0.325 e. The molecule has 0 aliphatic carbocycles. The van der Waals surface area contributed by atoms with Crippen molar-refractivity contribution < 1.29 is 4.79 Å². The molecule has 0 aliphatic rings. The molecule has 0 saturated heterocycles. The largest absolute Gasteiger partial charge is 0.345 e. The fourth-order valence-corrected chi connectivity index (χ4v) is 2.13. The molecular weight excluding hydrogens is 326 g/mol. The summed E-state index contributed by atoms with van der Waals surface area (Å²) in [6.07, 6.45) is 1.10. The molecule has 7 heteroatoms. The number of H-pyrrole nitrogens is 2. The van der Waals surface area contributed by atoms with Gasteiger partial charge in [0.1, 0.15) is 5.56 Å². The summed E-state index contributed by atoms with van der Waals surface area (Å²) >= 11 is 3.35. The van der Waals surface area contributed by atoms with E-state index in [0.717, 1.165) is 16.2 Å². The number of rotatable bonds is 3. The fourth-order valence-electron chi connectivity index (χ4n) is 1.71. The van der Waals surface area contributed by atoms with Gasteiger partial charge in [0.05, 0.1) is 6.04 Å². The van der Waals surface area contributed by atoms with Gasteiger partial charge < -0.3 is 10.3 Å². The summed E-state index contributed by atoms with van der Waals surface area (Å²) in [7, 11) is 0. The number of benzene rings is 1. The van der Waals surface area contributed by atoms with Gasteiger partial charge in [-0.15, -0.1) is 0 Å². The average molecular weight is 338 g/mol. The lowest BCUT2D eigenvalue weighted by Gasteiger charge is -2.14. The van der Waals surface area contributed by atoms with Crippen molar-refractivity contribution in [3.8, 4) is 0 Å². The number of halogens is 1. The molecule has 3 N–H and O–H groups in total. The Kier molecular flexibility index (Phi) is 4.19. The van der Waals surface area contributed by atoms with Crippen LogP contribution in [0.4, 0.5) is 0 Å². The molecule has 1 atom stereocenters. The van der Waals surface area contributed by atoms with Gasteiger partial charge >= 0.3 is 5.69 Å². The van der Waals surface area contributed by atoms with Gasteiger partial charge in [-0.2, -0.15) is 0 Å². The molecule has 1 amide bonds. The Bertz CT molecular complexity index is 751. The van der Waals surface area contributed by atoms with Crippen LogP contribution in [0.3, 0.4) is 0 Å². The highest BCUT2D eigenvalue weighted by molar-refractivity contribution is 9.10. The summed E-state index contributed by atoms with van der Waals surface area (Å²) in [5.41, 5.74) is -0.598. The van der Waals surface area contributed by atoms with E-state index < -0.39 is 17.2 Å². The van der Waals surface area contributed by atoms with Crippen LogP contribution in [0.5, 0.6) is 0 Å². The average Bonchev–Trinajstić information content (AvgIpc) is 2.38. The van der Waals surface area contributed by atoms with Crippen LogP contribution in [0.15, 0.2) is 44.5 Å². The first-order chi connectivity index (χ1) is 9.47. The minimum Gasteiger partial charge on any atom is -0.345 e. The number of carbonyl (C=O) groups is 1. The number of hydrogen-bond donors (Lipinski definition) is 3. The molecule has 1 aromatic heterocycles. The molecule has 2 aromatic rings. The number of aromatic amines is 2. The summed E-state index contributed by atoms with van der Waals surface area (Å²) < 4.78 is 0.901. The van der Waals surface area contributed by atoms with Crippen LogP contribution in [-0.4, -0.2) is 15.9 Å².